The first kappa shape index (κ1) is 40.1. The largest absolute Gasteiger partial charge is 0.503 e. The summed E-state index contributed by atoms with van der Waals surface area (Å²) >= 11 is 0. The zero-order valence-electron chi connectivity index (χ0n) is 32.6. The number of likely N-dealkylation sites (N-methyl/N-ethyl adjacent to an activating group) is 2. The number of phenols is 2. The molecule has 6 rings (SSSR count). The van der Waals surface area contributed by atoms with Crippen molar-refractivity contribution in [3.8, 4) is 11.5 Å². The molecule has 2 aromatic heterocycles. The van der Waals surface area contributed by atoms with E-state index in [2.05, 4.69) is 58.1 Å². The van der Waals surface area contributed by atoms with Gasteiger partial charge in [-0.3, -0.25) is 4.79 Å². The molecular weight excluding hydrogens is 732 g/mol. The minimum absolute atomic E-state index is 0.0170. The van der Waals surface area contributed by atoms with Gasteiger partial charge in [-0.15, -0.1) is 0 Å². The van der Waals surface area contributed by atoms with Gasteiger partial charge < -0.3 is 40.4 Å². The molecule has 0 saturated carbocycles. The number of aromatic hydroxyl groups is 2. The van der Waals surface area contributed by atoms with E-state index >= 15 is 4.79 Å². The zero-order valence-corrected chi connectivity index (χ0v) is 32.6. The Morgan fingerprint density at radius 3 is 1.34 bits per heavy atom. The summed E-state index contributed by atoms with van der Waals surface area (Å²) in [5.74, 6) is -4.76. The number of carbonyl (C=O) groups is 1. The summed E-state index contributed by atoms with van der Waals surface area (Å²) in [7, 11) is 3.65. The van der Waals surface area contributed by atoms with Crippen LogP contribution in [-0.4, -0.2) is 87.3 Å². The first-order valence-electron chi connectivity index (χ1n) is 18.6. The predicted octanol–water partition coefficient (Wildman–Crippen LogP) is 7.11. The minimum Gasteiger partial charge on any atom is -0.503 e. The molecule has 300 valence electrons. The highest BCUT2D eigenvalue weighted by atomic mass is 19.1. The third kappa shape index (κ3) is 7.75. The van der Waals surface area contributed by atoms with Gasteiger partial charge in [0, 0.05) is 62.8 Å². The van der Waals surface area contributed by atoms with Crippen LogP contribution in [0.4, 0.5) is 63.8 Å². The van der Waals surface area contributed by atoms with Crippen LogP contribution in [-0.2, 0) is 4.79 Å². The Labute approximate surface area is 323 Å². The Kier molecular flexibility index (Phi) is 11.3. The summed E-state index contributed by atoms with van der Waals surface area (Å²) in [5.41, 5.74) is 1.23. The molecule has 56 heavy (non-hydrogen) atoms. The van der Waals surface area contributed by atoms with Gasteiger partial charge in [0.2, 0.25) is 11.9 Å². The molecule has 0 saturated heterocycles. The highest BCUT2D eigenvalue weighted by Gasteiger charge is 2.48. The maximum Gasteiger partial charge on any atom is 0.229 e. The van der Waals surface area contributed by atoms with Crippen molar-refractivity contribution in [2.75, 3.05) is 57.4 Å². The molecule has 17 heteroatoms. The van der Waals surface area contributed by atoms with Crippen LogP contribution in [0, 0.1) is 35.1 Å². The number of aromatic nitrogens is 4. The van der Waals surface area contributed by atoms with Crippen LogP contribution < -0.4 is 30.2 Å². The summed E-state index contributed by atoms with van der Waals surface area (Å²) in [6.07, 6.45) is 4.75. The molecule has 2 aliphatic heterocycles. The molecule has 4 heterocycles. The SMILES string of the molecule is CC(C)CCN1c2nc(Nc3cc(F)c(O)c(F)c3)ncc2N(C)C(C(=O)C2C(C)N(CCC(C)C)c3nc(Nc4cc(F)c(O)c(F)c4)ncc3N2C)C1C. The fraction of sp³-hybridized carbons (Fsp3) is 0.462. The van der Waals surface area contributed by atoms with E-state index in [-0.39, 0.29) is 41.1 Å². The van der Waals surface area contributed by atoms with Crippen LogP contribution in [0.2, 0.25) is 0 Å². The second kappa shape index (κ2) is 15.9. The van der Waals surface area contributed by atoms with Crippen molar-refractivity contribution >= 4 is 52.1 Å². The van der Waals surface area contributed by atoms with Crippen molar-refractivity contribution in [2.45, 2.75) is 78.6 Å². The number of carbonyl (C=O) groups excluding carboxylic acids is 1. The fourth-order valence-corrected chi connectivity index (χ4v) is 7.43. The molecule has 0 amide bonds. The van der Waals surface area contributed by atoms with E-state index in [1.54, 1.807) is 12.4 Å². The Bertz CT molecular complexity index is 1920. The van der Waals surface area contributed by atoms with Crippen LogP contribution in [0.1, 0.15) is 54.4 Å². The quantitative estimate of drug-likeness (QED) is 0.0857. The maximum atomic E-state index is 15.2. The second-order valence-electron chi connectivity index (χ2n) is 15.4. The van der Waals surface area contributed by atoms with E-state index in [0.29, 0.717) is 47.9 Å². The minimum atomic E-state index is -1.13. The summed E-state index contributed by atoms with van der Waals surface area (Å²) in [6, 6.07) is 1.76. The number of halogens is 4. The topological polar surface area (TPSA) is 146 Å². The van der Waals surface area contributed by atoms with E-state index < -0.39 is 46.9 Å². The van der Waals surface area contributed by atoms with Gasteiger partial charge in [0.05, 0.1) is 35.9 Å². The molecule has 4 N–H and O–H groups in total. The number of Topliss-reactive ketones (excluding diaryl/α,β-unsaturated/α-hetero) is 1. The summed E-state index contributed by atoms with van der Waals surface area (Å²) in [4.78, 5) is 41.5. The molecule has 4 atom stereocenters. The molecule has 4 aromatic rings. The van der Waals surface area contributed by atoms with Crippen molar-refractivity contribution in [1.82, 2.24) is 19.9 Å². The molecule has 0 radical (unpaired) electrons. The maximum absolute atomic E-state index is 15.2. The van der Waals surface area contributed by atoms with E-state index in [9.17, 15) is 27.8 Å². The fourth-order valence-electron chi connectivity index (χ4n) is 7.43. The summed E-state index contributed by atoms with van der Waals surface area (Å²) in [5, 5.41) is 24.8. The van der Waals surface area contributed by atoms with E-state index in [1.807, 2.05) is 37.7 Å². The molecule has 13 nitrogen and oxygen atoms in total. The number of anilines is 8. The van der Waals surface area contributed by atoms with Crippen LogP contribution in [0.3, 0.4) is 0 Å². The Morgan fingerprint density at radius 1 is 0.679 bits per heavy atom. The zero-order chi connectivity index (χ0) is 40.7. The standard InChI is InChI=1S/C39H48F4N10O3/c1-19(2)9-11-52-21(5)31(50(7)29-17-44-38(48-36(29)52)46-23-13-25(40)33(54)26(41)14-23)35(56)32-22(6)53(12-10-20(3)4)37-30(51(32)8)18-45-39(49-37)47-24-15-27(42)34(55)28(43)16-24/h13-22,31-32,54-55H,9-12H2,1-8H3,(H,44,46,48)(H,45,47,49). The molecule has 0 aliphatic carbocycles. The molecule has 0 fully saturated rings. The first-order chi connectivity index (χ1) is 26.5. The number of nitrogens with one attached hydrogen (secondary N) is 2. The summed E-state index contributed by atoms with van der Waals surface area (Å²) in [6.45, 7) is 13.5. The van der Waals surface area contributed by atoms with E-state index in [0.717, 1.165) is 37.1 Å². The Balaban J connectivity index is 1.34. The highest BCUT2D eigenvalue weighted by molar-refractivity contribution is 5.99. The third-order valence-corrected chi connectivity index (χ3v) is 10.6. The van der Waals surface area contributed by atoms with Crippen molar-refractivity contribution in [3.05, 3.63) is 59.9 Å². The smallest absolute Gasteiger partial charge is 0.229 e. The number of hydrogen-bond acceptors (Lipinski definition) is 13. The Hall–Kier alpha value is -5.61. The van der Waals surface area contributed by atoms with Crippen LogP contribution in [0.15, 0.2) is 36.7 Å². The number of ketones is 1. The van der Waals surface area contributed by atoms with Gasteiger partial charge in [-0.2, -0.15) is 9.97 Å². The lowest BCUT2D eigenvalue weighted by atomic mass is 9.88. The van der Waals surface area contributed by atoms with Crippen molar-refractivity contribution in [2.24, 2.45) is 11.8 Å². The van der Waals surface area contributed by atoms with Crippen LogP contribution in [0.5, 0.6) is 11.5 Å². The number of hydrogen-bond donors (Lipinski definition) is 4. The van der Waals surface area contributed by atoms with E-state index in [4.69, 9.17) is 9.97 Å². The van der Waals surface area contributed by atoms with Gasteiger partial charge in [-0.25, -0.2) is 27.5 Å². The molecular formula is C39H48F4N10O3. The monoisotopic (exact) mass is 780 g/mol. The Morgan fingerprint density at radius 2 is 1.02 bits per heavy atom. The molecule has 0 bridgehead atoms. The van der Waals surface area contributed by atoms with Gasteiger partial charge in [0.1, 0.15) is 12.1 Å². The average Bonchev–Trinajstić information content (AvgIpc) is 3.12. The lowest BCUT2D eigenvalue weighted by molar-refractivity contribution is -0.122. The van der Waals surface area contributed by atoms with Crippen molar-refractivity contribution in [3.63, 3.8) is 0 Å². The van der Waals surface area contributed by atoms with Crippen molar-refractivity contribution in [1.29, 1.82) is 0 Å². The number of benzene rings is 2. The van der Waals surface area contributed by atoms with E-state index in [1.165, 1.54) is 0 Å². The second-order valence-corrected chi connectivity index (χ2v) is 15.4. The van der Waals surface area contributed by atoms with Gasteiger partial charge in [-0.05, 0) is 38.5 Å². The average molecular weight is 781 g/mol. The lowest BCUT2D eigenvalue weighted by Gasteiger charge is -2.51. The molecule has 4 unspecified atom stereocenters. The van der Waals surface area contributed by atoms with Gasteiger partial charge in [0.25, 0.3) is 0 Å². The third-order valence-electron chi connectivity index (χ3n) is 10.6. The number of nitrogens with zero attached hydrogens (tertiary/aromatic N) is 8. The molecule has 2 aliphatic rings. The number of phenolic OH excluding ortho intramolecular Hbond substituents is 2. The number of fused-ring (bicyclic) bond motifs is 2. The van der Waals surface area contributed by atoms with Gasteiger partial charge in [-0.1, -0.05) is 27.7 Å². The highest BCUT2D eigenvalue weighted by Crippen LogP contribution is 2.42. The predicted molar refractivity (Wildman–Crippen MR) is 209 cm³/mol. The normalized spacial score (nSPS) is 19.4. The summed E-state index contributed by atoms with van der Waals surface area (Å²) < 4.78 is 56.6. The molecule has 0 spiro atoms. The lowest BCUT2D eigenvalue weighted by Crippen LogP contribution is -2.66. The van der Waals surface area contributed by atoms with Gasteiger partial charge in [0.15, 0.2) is 52.2 Å². The molecule has 2 aromatic carbocycles. The van der Waals surface area contributed by atoms with Crippen molar-refractivity contribution < 1.29 is 32.6 Å². The van der Waals surface area contributed by atoms with Gasteiger partial charge >= 0.3 is 0 Å². The van der Waals surface area contributed by atoms with Crippen LogP contribution >= 0.6 is 0 Å². The number of rotatable bonds is 12. The first-order valence-corrected chi connectivity index (χ1v) is 18.6. The van der Waals surface area contributed by atoms with Crippen LogP contribution in [0.25, 0.3) is 0 Å².